The Morgan fingerprint density at radius 2 is 1.96 bits per heavy atom. The Morgan fingerprint density at radius 1 is 1.04 bits per heavy atom. The van der Waals surface area contributed by atoms with E-state index >= 15 is 0 Å². The first-order valence-electron chi connectivity index (χ1n) is 7.00. The zero-order chi connectivity index (χ0) is 16.1. The second-order valence-corrected chi connectivity index (χ2v) is 6.53. The lowest BCUT2D eigenvalue weighted by Gasteiger charge is -2.06. The lowest BCUT2D eigenvalue weighted by atomic mass is 10.3. The van der Waals surface area contributed by atoms with Gasteiger partial charge in [-0.2, -0.15) is 5.10 Å². The molecule has 0 aliphatic carbocycles. The molecule has 0 saturated heterocycles. The molecule has 3 aromatic rings. The summed E-state index contributed by atoms with van der Waals surface area (Å²) < 4.78 is 28.3. The molecule has 0 radical (unpaired) electrons. The first-order valence-corrected chi connectivity index (χ1v) is 8.48. The summed E-state index contributed by atoms with van der Waals surface area (Å²) in [5.74, 6) is 0. The molecule has 118 valence electrons. The smallest absolute Gasteiger partial charge is 0.242 e. The van der Waals surface area contributed by atoms with Crippen molar-refractivity contribution in [2.45, 2.75) is 11.4 Å². The molecule has 3 aromatic heterocycles. The van der Waals surface area contributed by atoms with Gasteiger partial charge in [-0.15, -0.1) is 0 Å². The van der Waals surface area contributed by atoms with Crippen molar-refractivity contribution in [3.8, 4) is 11.4 Å². The summed E-state index contributed by atoms with van der Waals surface area (Å²) in [4.78, 5) is 8.19. The number of aromatic nitrogens is 4. The van der Waals surface area contributed by atoms with E-state index in [1.54, 1.807) is 23.1 Å². The molecule has 3 rings (SSSR count). The first-order chi connectivity index (χ1) is 11.1. The number of nitrogens with one attached hydrogen (secondary N) is 1. The van der Waals surface area contributed by atoms with Crippen LogP contribution in [0, 0.1) is 0 Å². The summed E-state index contributed by atoms with van der Waals surface area (Å²) in [5.41, 5.74) is 1.53. The van der Waals surface area contributed by atoms with Crippen LogP contribution in [0.4, 0.5) is 0 Å². The molecule has 7 nitrogen and oxygen atoms in total. The quantitative estimate of drug-likeness (QED) is 0.736. The molecule has 0 amide bonds. The van der Waals surface area contributed by atoms with Gasteiger partial charge in [0.1, 0.15) is 10.6 Å². The van der Waals surface area contributed by atoms with Gasteiger partial charge in [-0.25, -0.2) is 13.1 Å². The van der Waals surface area contributed by atoms with Gasteiger partial charge in [0.2, 0.25) is 10.0 Å². The van der Waals surface area contributed by atoms with Crippen LogP contribution < -0.4 is 4.72 Å². The van der Waals surface area contributed by atoms with Crippen molar-refractivity contribution in [2.24, 2.45) is 0 Å². The maximum absolute atomic E-state index is 12.1. The van der Waals surface area contributed by atoms with E-state index in [1.807, 2.05) is 24.3 Å². The van der Waals surface area contributed by atoms with Gasteiger partial charge >= 0.3 is 0 Å². The van der Waals surface area contributed by atoms with E-state index in [9.17, 15) is 8.42 Å². The Morgan fingerprint density at radius 3 is 2.70 bits per heavy atom. The molecule has 0 spiro atoms. The van der Waals surface area contributed by atoms with Gasteiger partial charge in [0.05, 0.1) is 12.2 Å². The fraction of sp³-hybridized carbons (Fsp3) is 0.133. The number of hydrogen-bond donors (Lipinski definition) is 1. The summed E-state index contributed by atoms with van der Waals surface area (Å²) in [6.07, 6.45) is 6.34. The molecule has 8 heteroatoms. The molecular formula is C15H15N5O2S. The molecule has 0 aliphatic rings. The predicted molar refractivity (Wildman–Crippen MR) is 84.9 cm³/mol. The number of nitrogens with zero attached hydrogens (tertiary/aromatic N) is 4. The van der Waals surface area contributed by atoms with Crippen LogP contribution in [0.2, 0.25) is 0 Å². The largest absolute Gasteiger partial charge is 0.271 e. The molecule has 3 heterocycles. The van der Waals surface area contributed by atoms with Crippen LogP contribution in [0.15, 0.2) is 66.1 Å². The summed E-state index contributed by atoms with van der Waals surface area (Å²) in [5, 5.41) is 4.38. The minimum Gasteiger partial charge on any atom is -0.271 e. The van der Waals surface area contributed by atoms with E-state index < -0.39 is 10.0 Å². The molecule has 0 bridgehead atoms. The van der Waals surface area contributed by atoms with Gasteiger partial charge in [-0.3, -0.25) is 14.6 Å². The topological polar surface area (TPSA) is 89.8 Å². The van der Waals surface area contributed by atoms with E-state index in [-0.39, 0.29) is 11.4 Å². The summed E-state index contributed by atoms with van der Waals surface area (Å²) in [6, 6.07) is 10.5. The normalized spacial score (nSPS) is 11.5. The van der Waals surface area contributed by atoms with Crippen LogP contribution in [-0.2, 0) is 16.6 Å². The van der Waals surface area contributed by atoms with Crippen LogP contribution in [0.3, 0.4) is 0 Å². The molecule has 0 saturated carbocycles. The fourth-order valence-corrected chi connectivity index (χ4v) is 3.01. The SMILES string of the molecule is O=S(=O)(NCCn1ccc(-c2ccccn2)n1)c1cccnc1. The Balaban J connectivity index is 1.61. The Labute approximate surface area is 134 Å². The van der Waals surface area contributed by atoms with E-state index in [0.717, 1.165) is 11.4 Å². The highest BCUT2D eigenvalue weighted by molar-refractivity contribution is 7.89. The number of sulfonamides is 1. The average Bonchev–Trinajstić information content (AvgIpc) is 3.05. The Hall–Kier alpha value is -2.58. The van der Waals surface area contributed by atoms with Gasteiger partial charge in [-0.05, 0) is 30.3 Å². The minimum absolute atomic E-state index is 0.148. The molecule has 1 N–H and O–H groups in total. The molecule has 23 heavy (non-hydrogen) atoms. The predicted octanol–water partition coefficient (Wildman–Crippen LogP) is 1.32. The van der Waals surface area contributed by atoms with Crippen molar-refractivity contribution < 1.29 is 8.42 Å². The number of rotatable bonds is 6. The van der Waals surface area contributed by atoms with Gasteiger partial charge in [0, 0.05) is 31.3 Å². The maximum Gasteiger partial charge on any atom is 0.242 e. The van der Waals surface area contributed by atoms with Crippen molar-refractivity contribution in [3.05, 3.63) is 61.2 Å². The molecule has 0 atom stereocenters. The fourth-order valence-electron chi connectivity index (χ4n) is 2.02. The summed E-state index contributed by atoms with van der Waals surface area (Å²) in [7, 11) is -3.54. The van der Waals surface area contributed by atoms with Gasteiger partial charge in [-0.1, -0.05) is 6.07 Å². The lowest BCUT2D eigenvalue weighted by molar-refractivity contribution is 0.561. The Kier molecular flexibility index (Phi) is 4.45. The highest BCUT2D eigenvalue weighted by Crippen LogP contribution is 2.12. The summed E-state index contributed by atoms with van der Waals surface area (Å²) in [6.45, 7) is 0.660. The maximum atomic E-state index is 12.1. The van der Waals surface area contributed by atoms with Crippen molar-refractivity contribution >= 4 is 10.0 Å². The molecule has 0 aromatic carbocycles. The standard InChI is InChI=1S/C15H15N5O2S/c21-23(22,13-4-3-7-16-12-13)18-9-11-20-10-6-15(19-20)14-5-1-2-8-17-14/h1-8,10,12,18H,9,11H2. The third-order valence-corrected chi connectivity index (χ3v) is 4.59. The second kappa shape index (κ2) is 6.67. The van der Waals surface area contributed by atoms with E-state index in [1.165, 1.54) is 18.5 Å². The van der Waals surface area contributed by atoms with Crippen LogP contribution in [0.1, 0.15) is 0 Å². The first kappa shape index (κ1) is 15.3. The van der Waals surface area contributed by atoms with E-state index in [4.69, 9.17) is 0 Å². The monoisotopic (exact) mass is 329 g/mol. The number of hydrogen-bond acceptors (Lipinski definition) is 5. The van der Waals surface area contributed by atoms with Gasteiger partial charge in [0.25, 0.3) is 0 Å². The third-order valence-electron chi connectivity index (χ3n) is 3.15. The van der Waals surface area contributed by atoms with E-state index in [2.05, 4.69) is 19.8 Å². The lowest BCUT2D eigenvalue weighted by Crippen LogP contribution is -2.27. The molecule has 0 unspecified atom stereocenters. The van der Waals surface area contributed by atoms with Crippen molar-refractivity contribution in [1.29, 1.82) is 0 Å². The van der Waals surface area contributed by atoms with Gasteiger partial charge in [0.15, 0.2) is 0 Å². The average molecular weight is 329 g/mol. The second-order valence-electron chi connectivity index (χ2n) is 4.77. The molecular weight excluding hydrogens is 314 g/mol. The Bertz CT molecular complexity index is 863. The molecule has 0 aliphatic heterocycles. The zero-order valence-electron chi connectivity index (χ0n) is 12.2. The van der Waals surface area contributed by atoms with Crippen LogP contribution in [-0.4, -0.2) is 34.7 Å². The van der Waals surface area contributed by atoms with Crippen LogP contribution >= 0.6 is 0 Å². The van der Waals surface area contributed by atoms with Crippen LogP contribution in [0.5, 0.6) is 0 Å². The van der Waals surface area contributed by atoms with Crippen molar-refractivity contribution in [2.75, 3.05) is 6.54 Å². The highest BCUT2D eigenvalue weighted by atomic mass is 32.2. The minimum atomic E-state index is -3.54. The van der Waals surface area contributed by atoms with Crippen molar-refractivity contribution in [3.63, 3.8) is 0 Å². The molecule has 0 fully saturated rings. The number of pyridine rings is 2. The van der Waals surface area contributed by atoms with Gasteiger partial charge < -0.3 is 0 Å². The third kappa shape index (κ3) is 3.79. The highest BCUT2D eigenvalue weighted by Gasteiger charge is 2.13. The zero-order valence-corrected chi connectivity index (χ0v) is 13.0. The van der Waals surface area contributed by atoms with Crippen molar-refractivity contribution in [1.82, 2.24) is 24.5 Å². The summed E-state index contributed by atoms with van der Waals surface area (Å²) >= 11 is 0. The van der Waals surface area contributed by atoms with Crippen LogP contribution in [0.25, 0.3) is 11.4 Å². The van der Waals surface area contributed by atoms with E-state index in [0.29, 0.717) is 6.54 Å².